The van der Waals surface area contributed by atoms with Crippen LogP contribution in [0.2, 0.25) is 0 Å². The molecular weight excluding hydrogens is 291 g/mol. The van der Waals surface area contributed by atoms with Gasteiger partial charge in [-0.3, -0.25) is 4.98 Å². The second-order valence-corrected chi connectivity index (χ2v) is 4.58. The maximum absolute atomic E-state index is 13.7. The van der Waals surface area contributed by atoms with Crippen molar-refractivity contribution in [2.24, 2.45) is 5.73 Å². The first-order chi connectivity index (χ1) is 9.86. The van der Waals surface area contributed by atoms with Gasteiger partial charge in [0.2, 0.25) is 5.82 Å². The third kappa shape index (κ3) is 2.61. The van der Waals surface area contributed by atoms with Gasteiger partial charge in [0.05, 0.1) is 0 Å². The quantitative estimate of drug-likeness (QED) is 0.535. The molecule has 0 fully saturated rings. The van der Waals surface area contributed by atoms with Gasteiger partial charge in [0.25, 0.3) is 0 Å². The zero-order valence-corrected chi connectivity index (χ0v) is 10.9. The summed E-state index contributed by atoms with van der Waals surface area (Å²) in [6.07, 6.45) is 2.88. The van der Waals surface area contributed by atoms with Crippen LogP contribution in [0.1, 0.15) is 30.0 Å². The number of hydrogen-bond donors (Lipinski definition) is 1. The van der Waals surface area contributed by atoms with Gasteiger partial charge in [-0.05, 0) is 17.7 Å². The summed E-state index contributed by atoms with van der Waals surface area (Å²) in [4.78, 5) is 3.78. The maximum atomic E-state index is 13.7. The smallest absolute Gasteiger partial charge is 0.200 e. The molecule has 2 unspecified atom stereocenters. The lowest BCUT2D eigenvalue weighted by Crippen LogP contribution is -2.23. The Balaban J connectivity index is 2.52. The summed E-state index contributed by atoms with van der Waals surface area (Å²) in [6, 6.07) is 1.71. The molecule has 0 amide bonds. The molecule has 7 heteroatoms. The average Bonchev–Trinajstić information content (AvgIpc) is 2.51. The van der Waals surface area contributed by atoms with Gasteiger partial charge in [-0.15, -0.1) is 0 Å². The molecule has 0 saturated carbocycles. The van der Waals surface area contributed by atoms with Gasteiger partial charge in [0, 0.05) is 29.9 Å². The zero-order valence-electron chi connectivity index (χ0n) is 10.9. The van der Waals surface area contributed by atoms with Crippen molar-refractivity contribution in [3.8, 4) is 0 Å². The van der Waals surface area contributed by atoms with Gasteiger partial charge in [-0.1, -0.05) is 6.92 Å². The van der Waals surface area contributed by atoms with E-state index in [1.807, 2.05) is 0 Å². The maximum Gasteiger partial charge on any atom is 0.200 e. The molecule has 2 nitrogen and oxygen atoms in total. The van der Waals surface area contributed by atoms with E-state index in [-0.39, 0.29) is 0 Å². The molecule has 2 N–H and O–H groups in total. The SMILES string of the molecule is CC(c1ccncc1)C(N)c1c(F)c(F)c(F)c(F)c1F. The van der Waals surface area contributed by atoms with Crippen LogP contribution < -0.4 is 5.73 Å². The van der Waals surface area contributed by atoms with E-state index in [2.05, 4.69) is 4.98 Å². The van der Waals surface area contributed by atoms with Gasteiger partial charge in [0.15, 0.2) is 23.3 Å². The van der Waals surface area contributed by atoms with Crippen molar-refractivity contribution in [2.45, 2.75) is 18.9 Å². The molecule has 1 heterocycles. The van der Waals surface area contributed by atoms with Crippen LogP contribution in [-0.2, 0) is 0 Å². The number of halogens is 5. The minimum atomic E-state index is -2.20. The molecule has 1 aromatic carbocycles. The summed E-state index contributed by atoms with van der Waals surface area (Å²) in [5, 5.41) is 0. The largest absolute Gasteiger partial charge is 0.323 e. The fourth-order valence-electron chi connectivity index (χ4n) is 2.04. The summed E-state index contributed by atoms with van der Waals surface area (Å²) in [5.41, 5.74) is 5.26. The molecule has 0 aliphatic rings. The van der Waals surface area contributed by atoms with Crippen molar-refractivity contribution < 1.29 is 22.0 Å². The van der Waals surface area contributed by atoms with Crippen LogP contribution in [0.15, 0.2) is 24.5 Å². The number of hydrogen-bond acceptors (Lipinski definition) is 2. The second-order valence-electron chi connectivity index (χ2n) is 4.58. The third-order valence-corrected chi connectivity index (χ3v) is 3.35. The number of rotatable bonds is 3. The van der Waals surface area contributed by atoms with Crippen LogP contribution in [0.3, 0.4) is 0 Å². The van der Waals surface area contributed by atoms with E-state index in [4.69, 9.17) is 5.73 Å². The van der Waals surface area contributed by atoms with E-state index >= 15 is 0 Å². The van der Waals surface area contributed by atoms with Crippen molar-refractivity contribution in [3.05, 3.63) is 64.7 Å². The molecule has 2 atom stereocenters. The third-order valence-electron chi connectivity index (χ3n) is 3.35. The molecule has 0 spiro atoms. The average molecular weight is 302 g/mol. The predicted molar refractivity (Wildman–Crippen MR) is 65.8 cm³/mol. The topological polar surface area (TPSA) is 38.9 Å². The van der Waals surface area contributed by atoms with Crippen molar-refractivity contribution in [1.29, 1.82) is 0 Å². The van der Waals surface area contributed by atoms with Gasteiger partial charge in [-0.25, -0.2) is 22.0 Å². The normalized spacial score (nSPS) is 14.0. The van der Waals surface area contributed by atoms with E-state index in [0.717, 1.165) is 0 Å². The van der Waals surface area contributed by atoms with Gasteiger partial charge in [-0.2, -0.15) is 0 Å². The number of nitrogens with zero attached hydrogens (tertiary/aromatic N) is 1. The van der Waals surface area contributed by atoms with Crippen LogP contribution in [-0.4, -0.2) is 4.98 Å². The monoisotopic (exact) mass is 302 g/mol. The van der Waals surface area contributed by atoms with Crippen LogP contribution in [0, 0.1) is 29.1 Å². The number of nitrogens with two attached hydrogens (primary N) is 1. The molecule has 112 valence electrons. The summed E-state index contributed by atoms with van der Waals surface area (Å²) >= 11 is 0. The van der Waals surface area contributed by atoms with E-state index in [0.29, 0.717) is 5.56 Å². The Morgan fingerprint density at radius 1 is 0.857 bits per heavy atom. The zero-order chi connectivity index (χ0) is 15.7. The molecule has 0 radical (unpaired) electrons. The second kappa shape index (κ2) is 5.77. The van der Waals surface area contributed by atoms with Crippen molar-refractivity contribution in [2.75, 3.05) is 0 Å². The van der Waals surface area contributed by atoms with Gasteiger partial charge in [0.1, 0.15) is 0 Å². The van der Waals surface area contributed by atoms with Crippen LogP contribution in [0.4, 0.5) is 22.0 Å². The Morgan fingerprint density at radius 2 is 1.29 bits per heavy atom. The number of aromatic nitrogens is 1. The fraction of sp³-hybridized carbons (Fsp3) is 0.214. The Kier molecular flexibility index (Phi) is 4.22. The van der Waals surface area contributed by atoms with Crippen LogP contribution >= 0.6 is 0 Å². The minimum absolute atomic E-state index is 0.571. The van der Waals surface area contributed by atoms with Gasteiger partial charge >= 0.3 is 0 Å². The fourth-order valence-corrected chi connectivity index (χ4v) is 2.04. The molecular formula is C14H11F5N2. The van der Waals surface area contributed by atoms with E-state index < -0.39 is 46.6 Å². The van der Waals surface area contributed by atoms with E-state index in [9.17, 15) is 22.0 Å². The number of pyridine rings is 1. The molecule has 2 rings (SSSR count). The lowest BCUT2D eigenvalue weighted by molar-refractivity contribution is 0.359. The van der Waals surface area contributed by atoms with Gasteiger partial charge < -0.3 is 5.73 Å². The lowest BCUT2D eigenvalue weighted by atomic mass is 9.89. The highest BCUT2D eigenvalue weighted by Gasteiger charge is 2.31. The van der Waals surface area contributed by atoms with Crippen molar-refractivity contribution >= 4 is 0 Å². The summed E-state index contributed by atoms with van der Waals surface area (Å²) in [6.45, 7) is 1.53. The lowest BCUT2D eigenvalue weighted by Gasteiger charge is -2.22. The first kappa shape index (κ1) is 15.4. The first-order valence-corrected chi connectivity index (χ1v) is 6.03. The summed E-state index contributed by atoms with van der Waals surface area (Å²) in [5.74, 6) is -10.7. The van der Waals surface area contributed by atoms with E-state index in [1.165, 1.54) is 19.3 Å². The molecule has 0 bridgehead atoms. The summed E-state index contributed by atoms with van der Waals surface area (Å²) < 4.78 is 66.8. The van der Waals surface area contributed by atoms with Crippen molar-refractivity contribution in [3.63, 3.8) is 0 Å². The molecule has 21 heavy (non-hydrogen) atoms. The molecule has 0 aliphatic heterocycles. The predicted octanol–water partition coefficient (Wildman–Crippen LogP) is 3.58. The number of benzene rings is 1. The Labute approximate surface area is 117 Å². The van der Waals surface area contributed by atoms with E-state index in [1.54, 1.807) is 12.1 Å². The minimum Gasteiger partial charge on any atom is -0.323 e. The Morgan fingerprint density at radius 3 is 1.76 bits per heavy atom. The molecule has 0 aliphatic carbocycles. The highest BCUT2D eigenvalue weighted by atomic mass is 19.2. The first-order valence-electron chi connectivity index (χ1n) is 6.03. The van der Waals surface area contributed by atoms with Crippen molar-refractivity contribution in [1.82, 2.24) is 4.98 Å². The highest BCUT2D eigenvalue weighted by Crippen LogP contribution is 2.34. The highest BCUT2D eigenvalue weighted by molar-refractivity contribution is 5.30. The Bertz CT molecular complexity index is 631. The van der Waals surface area contributed by atoms with Crippen LogP contribution in [0.5, 0.6) is 0 Å². The molecule has 0 saturated heterocycles. The summed E-state index contributed by atoms with van der Waals surface area (Å²) in [7, 11) is 0. The standard InChI is InChI=1S/C14H11F5N2/c1-6(7-2-4-21-5-3-7)14(20)8-9(15)11(17)13(19)12(18)10(8)16/h2-6,14H,20H2,1H3. The van der Waals surface area contributed by atoms with Crippen LogP contribution in [0.25, 0.3) is 0 Å². The molecule has 2 aromatic rings. The molecule has 1 aromatic heterocycles. The Hall–Kier alpha value is -2.02.